The van der Waals surface area contributed by atoms with E-state index in [0.717, 1.165) is 12.0 Å². The third-order valence-electron chi connectivity index (χ3n) is 3.43. The van der Waals surface area contributed by atoms with E-state index in [4.69, 9.17) is 5.73 Å². The SMILES string of the molecule is CC(C)Cc1ccc(CC(=O)NCC(C)(C)C(N)=O)cc1. The van der Waals surface area contributed by atoms with Gasteiger partial charge >= 0.3 is 0 Å². The third-order valence-corrected chi connectivity index (χ3v) is 3.43. The summed E-state index contributed by atoms with van der Waals surface area (Å²) >= 11 is 0. The molecule has 0 heterocycles. The first-order chi connectivity index (χ1) is 9.70. The van der Waals surface area contributed by atoms with Gasteiger partial charge in [0.15, 0.2) is 0 Å². The largest absolute Gasteiger partial charge is 0.369 e. The van der Waals surface area contributed by atoms with Crippen molar-refractivity contribution in [3.63, 3.8) is 0 Å². The Morgan fingerprint density at radius 3 is 2.14 bits per heavy atom. The number of primary amides is 1. The van der Waals surface area contributed by atoms with Gasteiger partial charge in [-0.25, -0.2) is 0 Å². The Bertz CT molecular complexity index is 490. The first-order valence-corrected chi connectivity index (χ1v) is 7.35. The van der Waals surface area contributed by atoms with E-state index >= 15 is 0 Å². The van der Waals surface area contributed by atoms with Gasteiger partial charge in [0.25, 0.3) is 0 Å². The summed E-state index contributed by atoms with van der Waals surface area (Å²) in [6.45, 7) is 8.06. The molecule has 0 unspecified atom stereocenters. The summed E-state index contributed by atoms with van der Waals surface area (Å²) in [5.41, 5.74) is 6.80. The Kier molecular flexibility index (Phi) is 5.94. The van der Waals surface area contributed by atoms with Crippen LogP contribution in [0.1, 0.15) is 38.8 Å². The predicted octanol–water partition coefficient (Wildman–Crippen LogP) is 2.06. The molecule has 0 aliphatic rings. The summed E-state index contributed by atoms with van der Waals surface area (Å²) in [6, 6.07) is 8.10. The molecular weight excluding hydrogens is 264 g/mol. The van der Waals surface area contributed by atoms with Crippen LogP contribution in [-0.4, -0.2) is 18.4 Å². The van der Waals surface area contributed by atoms with Crippen molar-refractivity contribution in [2.75, 3.05) is 6.54 Å². The van der Waals surface area contributed by atoms with Gasteiger partial charge in [-0.05, 0) is 37.3 Å². The Morgan fingerprint density at radius 1 is 1.14 bits per heavy atom. The fourth-order valence-corrected chi connectivity index (χ4v) is 1.92. The minimum atomic E-state index is -0.725. The zero-order valence-corrected chi connectivity index (χ0v) is 13.4. The van der Waals surface area contributed by atoms with Crippen molar-refractivity contribution in [2.24, 2.45) is 17.1 Å². The molecule has 0 atom stereocenters. The molecule has 1 rings (SSSR count). The fourth-order valence-electron chi connectivity index (χ4n) is 1.92. The molecule has 0 aromatic heterocycles. The highest BCUT2D eigenvalue weighted by Gasteiger charge is 2.25. The van der Waals surface area contributed by atoms with Crippen LogP contribution < -0.4 is 11.1 Å². The van der Waals surface area contributed by atoms with Gasteiger partial charge in [0.05, 0.1) is 11.8 Å². The molecule has 2 amide bonds. The average molecular weight is 290 g/mol. The lowest BCUT2D eigenvalue weighted by molar-refractivity contribution is -0.126. The molecule has 0 spiro atoms. The number of nitrogens with one attached hydrogen (secondary N) is 1. The number of carbonyl (C=O) groups excluding carboxylic acids is 2. The quantitative estimate of drug-likeness (QED) is 0.806. The second-order valence-corrected chi connectivity index (χ2v) is 6.62. The lowest BCUT2D eigenvalue weighted by atomic mass is 9.92. The zero-order chi connectivity index (χ0) is 16.0. The molecule has 4 heteroatoms. The van der Waals surface area contributed by atoms with E-state index in [1.807, 2.05) is 12.1 Å². The van der Waals surface area contributed by atoms with Crippen molar-refractivity contribution in [2.45, 2.75) is 40.5 Å². The van der Waals surface area contributed by atoms with Crippen LogP contribution in [0, 0.1) is 11.3 Å². The van der Waals surface area contributed by atoms with Gasteiger partial charge in [-0.1, -0.05) is 38.1 Å². The van der Waals surface area contributed by atoms with E-state index in [-0.39, 0.29) is 12.5 Å². The standard InChI is InChI=1S/C17H26N2O2/c1-12(2)9-13-5-7-14(8-6-13)10-15(20)19-11-17(3,4)16(18)21/h5-8,12H,9-11H2,1-4H3,(H2,18,21)(H,19,20). The van der Waals surface area contributed by atoms with Crippen molar-refractivity contribution in [1.82, 2.24) is 5.32 Å². The molecule has 3 N–H and O–H groups in total. The highest BCUT2D eigenvalue weighted by atomic mass is 16.2. The first-order valence-electron chi connectivity index (χ1n) is 7.35. The van der Waals surface area contributed by atoms with Gasteiger partial charge in [0.2, 0.25) is 11.8 Å². The molecule has 0 radical (unpaired) electrons. The topological polar surface area (TPSA) is 72.2 Å². The predicted molar refractivity (Wildman–Crippen MR) is 84.7 cm³/mol. The first kappa shape index (κ1) is 17.2. The normalized spacial score (nSPS) is 11.5. The molecule has 0 saturated carbocycles. The van der Waals surface area contributed by atoms with Gasteiger partial charge in [-0.2, -0.15) is 0 Å². The van der Waals surface area contributed by atoms with Crippen LogP contribution in [0.4, 0.5) is 0 Å². The maximum Gasteiger partial charge on any atom is 0.224 e. The van der Waals surface area contributed by atoms with E-state index in [2.05, 4.69) is 31.3 Å². The molecule has 1 aromatic rings. The van der Waals surface area contributed by atoms with Crippen molar-refractivity contribution in [3.8, 4) is 0 Å². The van der Waals surface area contributed by atoms with Crippen LogP contribution in [0.2, 0.25) is 0 Å². The van der Waals surface area contributed by atoms with E-state index in [0.29, 0.717) is 12.3 Å². The summed E-state index contributed by atoms with van der Waals surface area (Å²) in [5.74, 6) is 0.108. The molecule has 0 bridgehead atoms. The van der Waals surface area contributed by atoms with Gasteiger partial charge in [0, 0.05) is 6.54 Å². The third kappa shape index (κ3) is 5.98. The molecule has 21 heavy (non-hydrogen) atoms. The monoisotopic (exact) mass is 290 g/mol. The summed E-state index contributed by atoms with van der Waals surface area (Å²) in [6.07, 6.45) is 1.36. The number of rotatable bonds is 7. The molecular formula is C17H26N2O2. The Balaban J connectivity index is 2.50. The summed E-state index contributed by atoms with van der Waals surface area (Å²) in [4.78, 5) is 23.1. The van der Waals surface area contributed by atoms with Crippen molar-refractivity contribution >= 4 is 11.8 Å². The number of hydrogen-bond donors (Lipinski definition) is 2. The Morgan fingerprint density at radius 2 is 1.67 bits per heavy atom. The number of amides is 2. The van der Waals surface area contributed by atoms with Gasteiger partial charge in [-0.3, -0.25) is 9.59 Å². The molecule has 116 valence electrons. The number of benzene rings is 1. The molecule has 0 fully saturated rings. The molecule has 4 nitrogen and oxygen atoms in total. The van der Waals surface area contributed by atoms with Crippen molar-refractivity contribution in [1.29, 1.82) is 0 Å². The van der Waals surface area contributed by atoms with Crippen molar-refractivity contribution in [3.05, 3.63) is 35.4 Å². The van der Waals surface area contributed by atoms with Crippen LogP contribution in [0.15, 0.2) is 24.3 Å². The summed E-state index contributed by atoms with van der Waals surface area (Å²) < 4.78 is 0. The highest BCUT2D eigenvalue weighted by Crippen LogP contribution is 2.13. The van der Waals surface area contributed by atoms with Crippen LogP contribution in [0.5, 0.6) is 0 Å². The molecule has 0 aliphatic carbocycles. The number of hydrogen-bond acceptors (Lipinski definition) is 2. The lowest BCUT2D eigenvalue weighted by Gasteiger charge is -2.20. The minimum absolute atomic E-state index is 0.0964. The summed E-state index contributed by atoms with van der Waals surface area (Å²) in [5, 5.41) is 2.76. The molecule has 0 saturated heterocycles. The van der Waals surface area contributed by atoms with E-state index in [1.54, 1.807) is 13.8 Å². The van der Waals surface area contributed by atoms with Crippen molar-refractivity contribution < 1.29 is 9.59 Å². The van der Waals surface area contributed by atoms with Crippen LogP contribution in [-0.2, 0) is 22.4 Å². The zero-order valence-electron chi connectivity index (χ0n) is 13.4. The maximum atomic E-state index is 11.9. The van der Waals surface area contributed by atoms with Crippen LogP contribution in [0.3, 0.4) is 0 Å². The Hall–Kier alpha value is -1.84. The van der Waals surface area contributed by atoms with Crippen LogP contribution in [0.25, 0.3) is 0 Å². The van der Waals surface area contributed by atoms with Crippen LogP contribution >= 0.6 is 0 Å². The fraction of sp³-hybridized carbons (Fsp3) is 0.529. The Labute approximate surface area is 127 Å². The molecule has 1 aromatic carbocycles. The van der Waals surface area contributed by atoms with E-state index < -0.39 is 11.3 Å². The smallest absolute Gasteiger partial charge is 0.224 e. The number of nitrogens with two attached hydrogens (primary N) is 1. The van der Waals surface area contributed by atoms with Gasteiger partial charge < -0.3 is 11.1 Å². The van der Waals surface area contributed by atoms with Gasteiger partial charge in [-0.15, -0.1) is 0 Å². The minimum Gasteiger partial charge on any atom is -0.369 e. The van der Waals surface area contributed by atoms with Gasteiger partial charge in [0.1, 0.15) is 0 Å². The average Bonchev–Trinajstić information content (AvgIpc) is 2.38. The van der Waals surface area contributed by atoms with E-state index in [1.165, 1.54) is 5.56 Å². The molecule has 0 aliphatic heterocycles. The lowest BCUT2D eigenvalue weighted by Crippen LogP contribution is -2.42. The second kappa shape index (κ2) is 7.25. The second-order valence-electron chi connectivity index (χ2n) is 6.62. The summed E-state index contributed by atoms with van der Waals surface area (Å²) in [7, 11) is 0. The number of carbonyl (C=O) groups is 2. The van der Waals surface area contributed by atoms with E-state index in [9.17, 15) is 9.59 Å². The highest BCUT2D eigenvalue weighted by molar-refractivity contribution is 5.82. The maximum absolute atomic E-state index is 11.9.